The van der Waals surface area contributed by atoms with Crippen LogP contribution in [-0.4, -0.2) is 13.1 Å². The molecule has 0 heterocycles. The van der Waals surface area contributed by atoms with Crippen molar-refractivity contribution in [1.82, 2.24) is 5.32 Å². The molecule has 0 amide bonds. The minimum absolute atomic E-state index is 0.512. The summed E-state index contributed by atoms with van der Waals surface area (Å²) in [6.07, 6.45) is 13.4. The number of rotatable bonds is 5. The van der Waals surface area contributed by atoms with Crippen molar-refractivity contribution in [3.8, 4) is 0 Å². The largest absolute Gasteiger partial charge is 0.316 e. The zero-order chi connectivity index (χ0) is 14.6. The minimum Gasteiger partial charge on any atom is -0.316 e. The van der Waals surface area contributed by atoms with Gasteiger partial charge in [0, 0.05) is 6.54 Å². The van der Waals surface area contributed by atoms with Gasteiger partial charge in [0.2, 0.25) is 0 Å². The van der Waals surface area contributed by atoms with Crippen molar-refractivity contribution in [3.05, 3.63) is 0 Å². The molecule has 0 aliphatic heterocycles. The Hall–Kier alpha value is -0.0400. The highest BCUT2D eigenvalue weighted by Gasteiger charge is 2.40. The van der Waals surface area contributed by atoms with Gasteiger partial charge < -0.3 is 5.32 Å². The Labute approximate surface area is 127 Å². The highest BCUT2D eigenvalue weighted by atomic mass is 14.9. The molecule has 2 rings (SSSR count). The van der Waals surface area contributed by atoms with Gasteiger partial charge in [-0.2, -0.15) is 0 Å². The normalized spacial score (nSPS) is 32.7. The van der Waals surface area contributed by atoms with E-state index in [-0.39, 0.29) is 0 Å². The van der Waals surface area contributed by atoms with Gasteiger partial charge in [-0.15, -0.1) is 0 Å². The van der Waals surface area contributed by atoms with Crippen molar-refractivity contribution in [2.24, 2.45) is 22.7 Å². The van der Waals surface area contributed by atoms with E-state index >= 15 is 0 Å². The van der Waals surface area contributed by atoms with Gasteiger partial charge in [-0.3, -0.25) is 0 Å². The molecule has 1 heteroatoms. The van der Waals surface area contributed by atoms with Crippen molar-refractivity contribution in [1.29, 1.82) is 0 Å². The Morgan fingerprint density at radius 1 is 1.00 bits per heavy atom. The summed E-state index contributed by atoms with van der Waals surface area (Å²) in [6, 6.07) is 0. The number of nitrogens with one attached hydrogen (secondary N) is 1. The maximum atomic E-state index is 3.69. The van der Waals surface area contributed by atoms with Gasteiger partial charge in [-0.1, -0.05) is 53.4 Å². The number of hydrogen-bond donors (Lipinski definition) is 1. The maximum absolute atomic E-state index is 3.69. The van der Waals surface area contributed by atoms with Gasteiger partial charge in [-0.25, -0.2) is 0 Å². The fourth-order valence-electron chi connectivity index (χ4n) is 4.77. The fourth-order valence-corrected chi connectivity index (χ4v) is 4.77. The van der Waals surface area contributed by atoms with Gasteiger partial charge in [0.05, 0.1) is 0 Å². The van der Waals surface area contributed by atoms with E-state index in [0.29, 0.717) is 10.8 Å². The highest BCUT2D eigenvalue weighted by Crippen LogP contribution is 2.49. The van der Waals surface area contributed by atoms with Crippen LogP contribution in [0.1, 0.15) is 85.5 Å². The Morgan fingerprint density at radius 3 is 2.10 bits per heavy atom. The third-order valence-electron chi connectivity index (χ3n) is 6.22. The summed E-state index contributed by atoms with van der Waals surface area (Å²) in [5, 5.41) is 3.69. The molecule has 0 radical (unpaired) electrons. The molecule has 0 unspecified atom stereocenters. The summed E-state index contributed by atoms with van der Waals surface area (Å²) in [6.45, 7) is 12.0. The quantitative estimate of drug-likeness (QED) is 0.710. The van der Waals surface area contributed by atoms with Crippen LogP contribution in [0.25, 0.3) is 0 Å². The summed E-state index contributed by atoms with van der Waals surface area (Å²) in [4.78, 5) is 0. The predicted octanol–water partition coefficient (Wildman–Crippen LogP) is 5.40. The van der Waals surface area contributed by atoms with Crippen molar-refractivity contribution in [2.45, 2.75) is 85.5 Å². The van der Waals surface area contributed by atoms with Crippen LogP contribution in [0.2, 0.25) is 0 Å². The molecule has 0 spiro atoms. The van der Waals surface area contributed by atoms with E-state index in [4.69, 9.17) is 0 Å². The molecule has 1 nitrogen and oxygen atoms in total. The van der Waals surface area contributed by atoms with Crippen LogP contribution >= 0.6 is 0 Å². The average molecular weight is 280 g/mol. The fraction of sp³-hybridized carbons (Fsp3) is 1.00. The first kappa shape index (κ1) is 16.3. The molecule has 2 aliphatic rings. The number of hydrogen-bond acceptors (Lipinski definition) is 1. The second-order valence-corrected chi connectivity index (χ2v) is 8.78. The zero-order valence-corrected chi connectivity index (χ0v) is 14.4. The van der Waals surface area contributed by atoms with Crippen LogP contribution in [0.4, 0.5) is 0 Å². The Bertz CT molecular complexity index is 275. The molecule has 0 saturated heterocycles. The first-order valence-electron chi connectivity index (χ1n) is 9.16. The Balaban J connectivity index is 1.94. The predicted molar refractivity (Wildman–Crippen MR) is 89.0 cm³/mol. The van der Waals surface area contributed by atoms with Crippen LogP contribution in [0.5, 0.6) is 0 Å². The van der Waals surface area contributed by atoms with E-state index < -0.39 is 0 Å². The van der Waals surface area contributed by atoms with Gasteiger partial charge in [0.15, 0.2) is 0 Å². The van der Waals surface area contributed by atoms with Crippen molar-refractivity contribution < 1.29 is 0 Å². The van der Waals surface area contributed by atoms with Crippen molar-refractivity contribution in [2.75, 3.05) is 13.1 Å². The molecule has 2 aliphatic carbocycles. The summed E-state index contributed by atoms with van der Waals surface area (Å²) in [5.74, 6) is 1.99. The van der Waals surface area contributed by atoms with Crippen LogP contribution in [0.3, 0.4) is 0 Å². The molecule has 2 saturated carbocycles. The van der Waals surface area contributed by atoms with Crippen LogP contribution in [-0.2, 0) is 0 Å². The van der Waals surface area contributed by atoms with Crippen molar-refractivity contribution in [3.63, 3.8) is 0 Å². The van der Waals surface area contributed by atoms with E-state index in [1.807, 2.05) is 0 Å². The Morgan fingerprint density at radius 2 is 1.60 bits per heavy atom. The van der Waals surface area contributed by atoms with Gasteiger partial charge in [-0.05, 0) is 61.3 Å². The second-order valence-electron chi connectivity index (χ2n) is 8.78. The van der Waals surface area contributed by atoms with E-state index in [1.54, 1.807) is 0 Å². The maximum Gasteiger partial charge on any atom is 0.000780 e. The lowest BCUT2D eigenvalue weighted by Gasteiger charge is -2.45. The molecule has 0 aromatic carbocycles. The molecule has 0 atom stereocenters. The highest BCUT2D eigenvalue weighted by molar-refractivity contribution is 4.92. The lowest BCUT2D eigenvalue weighted by atomic mass is 9.61. The topological polar surface area (TPSA) is 12.0 Å². The molecule has 0 aromatic heterocycles. The van der Waals surface area contributed by atoms with Gasteiger partial charge >= 0.3 is 0 Å². The standard InChI is InChI=1S/C19H37N/c1-5-20-15-19(14-16-8-6-7-9-16)12-10-17(11-13-19)18(2,3)4/h16-17,20H,5-15H2,1-4H3. The molecular weight excluding hydrogens is 242 g/mol. The lowest BCUT2D eigenvalue weighted by molar-refractivity contribution is 0.0672. The van der Waals surface area contributed by atoms with Crippen LogP contribution in [0, 0.1) is 22.7 Å². The molecule has 20 heavy (non-hydrogen) atoms. The van der Waals surface area contributed by atoms with E-state index in [2.05, 4.69) is 33.0 Å². The molecule has 118 valence electrons. The zero-order valence-electron chi connectivity index (χ0n) is 14.4. The summed E-state index contributed by atoms with van der Waals surface area (Å²) in [5.41, 5.74) is 1.14. The monoisotopic (exact) mass is 279 g/mol. The second kappa shape index (κ2) is 6.81. The summed E-state index contributed by atoms with van der Waals surface area (Å²) in [7, 11) is 0. The van der Waals surface area contributed by atoms with Crippen LogP contribution in [0.15, 0.2) is 0 Å². The molecule has 0 aromatic rings. The van der Waals surface area contributed by atoms with Gasteiger partial charge in [0.1, 0.15) is 0 Å². The van der Waals surface area contributed by atoms with E-state index in [1.165, 1.54) is 64.3 Å². The van der Waals surface area contributed by atoms with Crippen molar-refractivity contribution >= 4 is 0 Å². The van der Waals surface area contributed by atoms with E-state index in [9.17, 15) is 0 Å². The summed E-state index contributed by atoms with van der Waals surface area (Å²) >= 11 is 0. The molecule has 2 fully saturated rings. The van der Waals surface area contributed by atoms with E-state index in [0.717, 1.165) is 18.4 Å². The molecule has 1 N–H and O–H groups in total. The first-order chi connectivity index (χ1) is 9.45. The smallest absolute Gasteiger partial charge is 0.000780 e. The SMILES string of the molecule is CCNCC1(CC2CCCC2)CCC(C(C)(C)C)CC1. The minimum atomic E-state index is 0.512. The molecular formula is C19H37N. The average Bonchev–Trinajstić information content (AvgIpc) is 2.89. The first-order valence-corrected chi connectivity index (χ1v) is 9.16. The lowest BCUT2D eigenvalue weighted by Crippen LogP contribution is -2.40. The Kier molecular flexibility index (Phi) is 5.56. The third-order valence-corrected chi connectivity index (χ3v) is 6.22. The van der Waals surface area contributed by atoms with Gasteiger partial charge in [0.25, 0.3) is 0 Å². The van der Waals surface area contributed by atoms with Crippen LogP contribution < -0.4 is 5.32 Å². The molecule has 0 bridgehead atoms. The summed E-state index contributed by atoms with van der Waals surface area (Å²) < 4.78 is 0. The third kappa shape index (κ3) is 4.23.